The quantitative estimate of drug-likeness (QED) is 0.384. The van der Waals surface area contributed by atoms with Crippen LogP contribution in [0, 0.1) is 12.7 Å². The van der Waals surface area contributed by atoms with Crippen LogP contribution in [0.5, 0.6) is 0 Å². The van der Waals surface area contributed by atoms with Crippen LogP contribution in [-0.2, 0) is 40.3 Å². The van der Waals surface area contributed by atoms with Crippen LogP contribution >= 0.6 is 0 Å². The highest BCUT2D eigenvalue weighted by molar-refractivity contribution is 5.93. The van der Waals surface area contributed by atoms with Gasteiger partial charge < -0.3 is 24.6 Å². The molecule has 0 amide bonds. The number of pyridine rings is 2. The average Bonchev–Trinajstić information content (AvgIpc) is 3.19. The van der Waals surface area contributed by atoms with Crippen molar-refractivity contribution < 1.29 is 29.2 Å². The van der Waals surface area contributed by atoms with Gasteiger partial charge in [-0.15, -0.1) is 0 Å². The van der Waals surface area contributed by atoms with Crippen molar-refractivity contribution in [3.05, 3.63) is 61.7 Å². The van der Waals surface area contributed by atoms with Crippen LogP contribution in [0.15, 0.2) is 16.9 Å². The number of fused-ring (bicyclic) bond motifs is 5. The van der Waals surface area contributed by atoms with Gasteiger partial charge in [0.1, 0.15) is 18.0 Å². The average molecular weight is 466 g/mol. The normalized spacial score (nSPS) is 24.6. The number of nitrogens with zero attached hydrogens (tertiary/aromatic N) is 2. The first-order valence-electron chi connectivity index (χ1n) is 11.3. The van der Waals surface area contributed by atoms with Gasteiger partial charge in [-0.25, -0.2) is 14.2 Å². The van der Waals surface area contributed by atoms with Crippen LogP contribution in [0.25, 0.3) is 22.3 Å². The number of carbonyl (C=O) groups excluding carboxylic acids is 1. The molecular weight excluding hydrogens is 443 g/mol. The molecule has 4 heterocycles. The molecule has 8 nitrogen and oxygen atoms in total. The van der Waals surface area contributed by atoms with Crippen molar-refractivity contribution in [2.45, 2.75) is 57.5 Å². The largest absolute Gasteiger partial charge is 0.458 e. The van der Waals surface area contributed by atoms with Gasteiger partial charge in [-0.2, -0.15) is 0 Å². The number of cyclic esters (lactones) is 1. The second-order valence-corrected chi connectivity index (χ2v) is 9.46. The van der Waals surface area contributed by atoms with Gasteiger partial charge in [0.15, 0.2) is 5.60 Å². The molecule has 0 saturated carbocycles. The zero-order valence-electron chi connectivity index (χ0n) is 18.7. The zero-order valence-corrected chi connectivity index (χ0v) is 18.7. The van der Waals surface area contributed by atoms with Gasteiger partial charge >= 0.3 is 5.97 Å². The fourth-order valence-electron chi connectivity index (χ4n) is 5.83. The molecule has 1 aromatic carbocycles. The molecule has 2 aliphatic heterocycles. The van der Waals surface area contributed by atoms with Gasteiger partial charge in [-0.3, -0.25) is 4.79 Å². The van der Waals surface area contributed by atoms with Crippen molar-refractivity contribution in [3.63, 3.8) is 0 Å². The Morgan fingerprint density at radius 3 is 2.68 bits per heavy atom. The van der Waals surface area contributed by atoms with E-state index in [0.717, 1.165) is 5.56 Å². The smallest absolute Gasteiger partial charge is 0.343 e. The standard InChI is InChI=1S/C25H23FN2O6/c1-3-25(33)15-6-18-21-13(8-28(18)22(30)14(15)9-34-23(25)31)20-19-12(4-5-24(20,32)10-29)11(2)16(26)7-17(19)27-21/h6-7,29,32-33H,3-5,8-10H2,1-2H3/t24-,25-/m0/s1. The minimum absolute atomic E-state index is 0.0170. The third kappa shape index (κ3) is 2.44. The second-order valence-electron chi connectivity index (χ2n) is 9.46. The molecule has 1 aliphatic carbocycles. The van der Waals surface area contributed by atoms with Crippen LogP contribution in [0.1, 0.15) is 53.1 Å². The van der Waals surface area contributed by atoms with Crippen molar-refractivity contribution in [1.82, 2.24) is 9.55 Å². The molecule has 3 aromatic rings. The van der Waals surface area contributed by atoms with E-state index in [1.54, 1.807) is 19.9 Å². The first-order valence-corrected chi connectivity index (χ1v) is 11.3. The van der Waals surface area contributed by atoms with Crippen LogP contribution in [0.4, 0.5) is 4.39 Å². The Morgan fingerprint density at radius 2 is 1.97 bits per heavy atom. The van der Waals surface area contributed by atoms with E-state index in [-0.39, 0.29) is 37.1 Å². The molecule has 0 bridgehead atoms. The highest BCUT2D eigenvalue weighted by Crippen LogP contribution is 2.47. The zero-order chi connectivity index (χ0) is 24.2. The first kappa shape index (κ1) is 21.4. The molecule has 0 fully saturated rings. The summed E-state index contributed by atoms with van der Waals surface area (Å²) in [6.07, 6.45) is 0.601. The number of halogens is 1. The second kappa shape index (κ2) is 6.71. The van der Waals surface area contributed by atoms with E-state index in [2.05, 4.69) is 0 Å². The van der Waals surface area contributed by atoms with Crippen LogP contribution in [-0.4, -0.2) is 37.4 Å². The molecule has 0 radical (unpaired) electrons. The lowest BCUT2D eigenvalue weighted by atomic mass is 9.75. The number of aliphatic hydroxyl groups is 3. The van der Waals surface area contributed by atoms with Gasteiger partial charge in [-0.05, 0) is 43.4 Å². The number of aromatic nitrogens is 2. The number of carbonyl (C=O) groups is 1. The van der Waals surface area contributed by atoms with E-state index in [4.69, 9.17) is 9.72 Å². The van der Waals surface area contributed by atoms with Crippen LogP contribution < -0.4 is 5.56 Å². The number of rotatable bonds is 2. The number of esters is 1. The molecule has 6 rings (SSSR count). The summed E-state index contributed by atoms with van der Waals surface area (Å²) >= 11 is 0. The predicted octanol–water partition coefficient (Wildman–Crippen LogP) is 1.65. The maximum atomic E-state index is 14.8. The summed E-state index contributed by atoms with van der Waals surface area (Å²) in [7, 11) is 0. The summed E-state index contributed by atoms with van der Waals surface area (Å²) < 4.78 is 21.3. The molecule has 3 N–H and O–H groups in total. The van der Waals surface area contributed by atoms with E-state index in [9.17, 15) is 29.3 Å². The number of benzene rings is 1. The molecule has 0 unspecified atom stereocenters. The van der Waals surface area contributed by atoms with E-state index < -0.39 is 35.2 Å². The number of aryl methyl sites for hydroxylation is 1. The summed E-state index contributed by atoms with van der Waals surface area (Å²) in [5.41, 5.74) is -0.291. The fourth-order valence-corrected chi connectivity index (χ4v) is 5.83. The number of ether oxygens (including phenoxy) is 1. The molecule has 9 heteroatoms. The Hall–Kier alpha value is -3.14. The third-order valence-electron chi connectivity index (χ3n) is 7.82. The highest BCUT2D eigenvalue weighted by Gasteiger charge is 2.46. The van der Waals surface area contributed by atoms with Crippen LogP contribution in [0.3, 0.4) is 0 Å². The SMILES string of the molecule is CC[C@@]1(O)C(=O)OCc2c1cc1n(c2=O)Cc2c-1nc1cc(F)c(C)c3c1c2[C@@](O)(CO)CC3. The molecular formula is C25H23FN2O6. The van der Waals surface area contributed by atoms with Crippen molar-refractivity contribution in [3.8, 4) is 11.4 Å². The highest BCUT2D eigenvalue weighted by atomic mass is 19.1. The van der Waals surface area contributed by atoms with E-state index in [1.807, 2.05) is 0 Å². The lowest BCUT2D eigenvalue weighted by Crippen LogP contribution is -2.44. The summed E-state index contributed by atoms with van der Waals surface area (Å²) in [4.78, 5) is 30.5. The molecule has 0 saturated heterocycles. The number of hydrogen-bond acceptors (Lipinski definition) is 7. The fraction of sp³-hybridized carbons (Fsp3) is 0.400. The number of aliphatic hydroxyl groups excluding tert-OH is 1. The third-order valence-corrected chi connectivity index (χ3v) is 7.82. The van der Waals surface area contributed by atoms with Crippen molar-refractivity contribution in [2.75, 3.05) is 6.61 Å². The van der Waals surface area contributed by atoms with Gasteiger partial charge in [0.2, 0.25) is 0 Å². The lowest BCUT2D eigenvalue weighted by molar-refractivity contribution is -0.172. The molecule has 176 valence electrons. The van der Waals surface area contributed by atoms with E-state index in [1.165, 1.54) is 10.6 Å². The van der Waals surface area contributed by atoms with Crippen molar-refractivity contribution in [2.24, 2.45) is 0 Å². The maximum absolute atomic E-state index is 14.8. The monoisotopic (exact) mass is 466 g/mol. The van der Waals surface area contributed by atoms with E-state index >= 15 is 0 Å². The molecule has 34 heavy (non-hydrogen) atoms. The predicted molar refractivity (Wildman–Crippen MR) is 119 cm³/mol. The minimum Gasteiger partial charge on any atom is -0.458 e. The van der Waals surface area contributed by atoms with Crippen molar-refractivity contribution in [1.29, 1.82) is 0 Å². The van der Waals surface area contributed by atoms with Gasteiger partial charge in [-0.1, -0.05) is 6.92 Å². The Balaban J connectivity index is 1.72. The van der Waals surface area contributed by atoms with E-state index in [0.29, 0.717) is 45.4 Å². The van der Waals surface area contributed by atoms with Crippen LogP contribution in [0.2, 0.25) is 0 Å². The van der Waals surface area contributed by atoms with Gasteiger partial charge in [0.25, 0.3) is 5.56 Å². The molecule has 2 atom stereocenters. The summed E-state index contributed by atoms with van der Waals surface area (Å²) in [5, 5.41) is 33.2. The lowest BCUT2D eigenvalue weighted by Gasteiger charge is -2.35. The first-order chi connectivity index (χ1) is 16.1. The minimum atomic E-state index is -1.96. The Kier molecular flexibility index (Phi) is 4.23. The Bertz CT molecular complexity index is 1510. The molecule has 3 aliphatic rings. The maximum Gasteiger partial charge on any atom is 0.343 e. The number of hydrogen-bond donors (Lipinski definition) is 3. The Morgan fingerprint density at radius 1 is 1.21 bits per heavy atom. The summed E-state index contributed by atoms with van der Waals surface area (Å²) in [6, 6.07) is 2.88. The van der Waals surface area contributed by atoms with Gasteiger partial charge in [0, 0.05) is 28.1 Å². The topological polar surface area (TPSA) is 122 Å². The Labute approximate surface area is 193 Å². The molecule has 2 aromatic heterocycles. The van der Waals surface area contributed by atoms with Gasteiger partial charge in [0.05, 0.1) is 35.6 Å². The summed E-state index contributed by atoms with van der Waals surface area (Å²) in [5.74, 6) is -1.23. The molecule has 0 spiro atoms. The van der Waals surface area contributed by atoms with Crippen molar-refractivity contribution >= 4 is 16.9 Å². The summed E-state index contributed by atoms with van der Waals surface area (Å²) in [6.45, 7) is 2.61.